The molecule has 0 atom stereocenters. The van der Waals surface area contributed by atoms with Crippen LogP contribution in [0.3, 0.4) is 0 Å². The second-order valence-electron chi connectivity index (χ2n) is 4.45. The lowest BCUT2D eigenvalue weighted by molar-refractivity contribution is -0.0211. The van der Waals surface area contributed by atoms with Crippen molar-refractivity contribution in [2.75, 3.05) is 14.2 Å². The topological polar surface area (TPSA) is 76.0 Å². The van der Waals surface area contributed by atoms with Crippen LogP contribution < -0.4 is 10.0 Å². The Hall–Kier alpha value is -0.580. The summed E-state index contributed by atoms with van der Waals surface area (Å²) in [6.45, 7) is 3.79. The number of hydrogen-bond donors (Lipinski definition) is 2. The first-order valence-corrected chi connectivity index (χ1v) is 8.24. The minimum absolute atomic E-state index is 0.0176. The second-order valence-corrected chi connectivity index (χ2v) is 6.40. The summed E-state index contributed by atoms with van der Waals surface area (Å²) in [5, 5.41) is -0.207. The van der Waals surface area contributed by atoms with Gasteiger partial charge in [0.1, 0.15) is 5.75 Å². The first-order chi connectivity index (χ1) is 9.25. The van der Waals surface area contributed by atoms with Crippen LogP contribution in [0.25, 0.3) is 0 Å². The van der Waals surface area contributed by atoms with Gasteiger partial charge in [0.15, 0.2) is 0 Å². The minimum Gasteiger partial charge on any atom is -0.497 e. The zero-order valence-corrected chi connectivity index (χ0v) is 13.7. The summed E-state index contributed by atoms with van der Waals surface area (Å²) in [5.41, 5.74) is -0.433. The molecule has 1 aromatic rings. The number of halogens is 1. The quantitative estimate of drug-likeness (QED) is 0.788. The van der Waals surface area contributed by atoms with E-state index in [0.29, 0.717) is 24.2 Å². The highest BCUT2D eigenvalue weighted by molar-refractivity contribution is 7.60. The fourth-order valence-corrected chi connectivity index (χ4v) is 3.83. The molecule has 0 aliphatic carbocycles. The van der Waals surface area contributed by atoms with Gasteiger partial charge in [0.25, 0.3) is 0 Å². The van der Waals surface area contributed by atoms with Crippen LogP contribution >= 0.6 is 19.2 Å². The highest BCUT2D eigenvalue weighted by Gasteiger charge is 2.37. The van der Waals surface area contributed by atoms with Crippen LogP contribution in [0.1, 0.15) is 32.3 Å². The molecule has 0 spiro atoms. The van der Waals surface area contributed by atoms with Crippen LogP contribution in [0.5, 0.6) is 5.75 Å². The third-order valence-corrected chi connectivity index (χ3v) is 5.08. The average Bonchev–Trinajstić information content (AvgIpc) is 2.39. The number of methoxy groups -OCH3 is 2. The summed E-state index contributed by atoms with van der Waals surface area (Å²) >= 11 is 6.05. The van der Waals surface area contributed by atoms with Gasteiger partial charge in [-0.05, 0) is 25.0 Å². The lowest BCUT2D eigenvalue weighted by Crippen LogP contribution is -2.33. The second kappa shape index (κ2) is 6.46. The fourth-order valence-electron chi connectivity index (χ4n) is 2.36. The lowest BCUT2D eigenvalue weighted by Gasteiger charge is -2.33. The van der Waals surface area contributed by atoms with Crippen LogP contribution in [0.15, 0.2) is 12.1 Å². The molecule has 0 saturated carbocycles. The third kappa shape index (κ3) is 3.18. The van der Waals surface area contributed by atoms with Crippen molar-refractivity contribution in [1.29, 1.82) is 0 Å². The molecule has 0 radical (unpaired) electrons. The van der Waals surface area contributed by atoms with Crippen LogP contribution in [0.4, 0.5) is 0 Å². The minimum atomic E-state index is -4.53. The molecular formula is C13H20ClO5P. The van der Waals surface area contributed by atoms with E-state index in [9.17, 15) is 14.4 Å². The summed E-state index contributed by atoms with van der Waals surface area (Å²) in [6.07, 6.45) is 1.10. The van der Waals surface area contributed by atoms with Gasteiger partial charge >= 0.3 is 7.60 Å². The van der Waals surface area contributed by atoms with E-state index in [4.69, 9.17) is 21.1 Å². The fraction of sp³-hybridized carbons (Fsp3) is 0.538. The molecule has 0 aromatic heterocycles. The molecule has 0 fully saturated rings. The maximum Gasteiger partial charge on any atom is 0.358 e. The molecule has 0 heterocycles. The van der Waals surface area contributed by atoms with E-state index in [0.717, 1.165) is 0 Å². The molecule has 1 aromatic carbocycles. The largest absolute Gasteiger partial charge is 0.497 e. The van der Waals surface area contributed by atoms with Gasteiger partial charge in [0.05, 0.1) is 23.0 Å². The summed E-state index contributed by atoms with van der Waals surface area (Å²) in [6, 6.07) is 2.97. The highest BCUT2D eigenvalue weighted by Crippen LogP contribution is 2.45. The summed E-state index contributed by atoms with van der Waals surface area (Å²) < 4.78 is 22.5. The molecule has 0 aliphatic rings. The van der Waals surface area contributed by atoms with Gasteiger partial charge in [0, 0.05) is 12.7 Å². The van der Waals surface area contributed by atoms with Crippen molar-refractivity contribution in [2.24, 2.45) is 0 Å². The number of benzene rings is 1. The van der Waals surface area contributed by atoms with E-state index in [-0.39, 0.29) is 10.3 Å². The van der Waals surface area contributed by atoms with E-state index in [1.165, 1.54) is 20.3 Å². The predicted molar refractivity (Wildman–Crippen MR) is 79.0 cm³/mol. The summed E-state index contributed by atoms with van der Waals surface area (Å²) in [5.74, 6) is 0.436. The maximum atomic E-state index is 11.8. The van der Waals surface area contributed by atoms with Crippen molar-refractivity contribution >= 4 is 24.5 Å². The molecule has 0 saturated heterocycles. The van der Waals surface area contributed by atoms with Crippen LogP contribution in [0.2, 0.25) is 5.02 Å². The first kappa shape index (κ1) is 17.5. The molecule has 20 heavy (non-hydrogen) atoms. The number of ether oxygens (including phenoxy) is 2. The van der Waals surface area contributed by atoms with Crippen molar-refractivity contribution in [1.82, 2.24) is 0 Å². The van der Waals surface area contributed by atoms with E-state index in [2.05, 4.69) is 0 Å². The normalized spacial score (nSPS) is 12.6. The molecular weight excluding hydrogens is 303 g/mol. The van der Waals surface area contributed by atoms with Gasteiger partial charge in [-0.15, -0.1) is 0 Å². The third-order valence-electron chi connectivity index (χ3n) is 3.59. The summed E-state index contributed by atoms with van der Waals surface area (Å²) in [7, 11) is -1.54. The van der Waals surface area contributed by atoms with Crippen LogP contribution in [0, 0.1) is 0 Å². The van der Waals surface area contributed by atoms with Gasteiger partial charge in [-0.25, -0.2) is 0 Å². The first-order valence-electron chi connectivity index (χ1n) is 6.25. The Morgan fingerprint density at radius 2 is 1.80 bits per heavy atom. The van der Waals surface area contributed by atoms with Gasteiger partial charge in [-0.1, -0.05) is 25.4 Å². The molecule has 0 amide bonds. The molecule has 1 rings (SSSR count). The van der Waals surface area contributed by atoms with E-state index < -0.39 is 13.2 Å². The van der Waals surface area contributed by atoms with Gasteiger partial charge < -0.3 is 19.3 Å². The molecule has 0 aliphatic heterocycles. The van der Waals surface area contributed by atoms with Gasteiger partial charge in [-0.3, -0.25) is 4.57 Å². The van der Waals surface area contributed by atoms with Crippen molar-refractivity contribution in [3.05, 3.63) is 22.7 Å². The monoisotopic (exact) mass is 322 g/mol. The zero-order valence-electron chi connectivity index (χ0n) is 12.0. The molecule has 114 valence electrons. The smallest absolute Gasteiger partial charge is 0.358 e. The highest BCUT2D eigenvalue weighted by atomic mass is 35.5. The predicted octanol–water partition coefficient (Wildman–Crippen LogP) is 2.81. The molecule has 2 N–H and O–H groups in total. The Morgan fingerprint density at radius 3 is 2.15 bits per heavy atom. The van der Waals surface area contributed by atoms with Crippen molar-refractivity contribution in [3.8, 4) is 5.75 Å². The average molecular weight is 323 g/mol. The lowest BCUT2D eigenvalue weighted by atomic mass is 9.88. The molecule has 5 nitrogen and oxygen atoms in total. The van der Waals surface area contributed by atoms with E-state index in [1.807, 2.05) is 13.8 Å². The number of rotatable bonds is 6. The van der Waals surface area contributed by atoms with Gasteiger partial charge in [-0.2, -0.15) is 0 Å². The molecule has 0 bridgehead atoms. The zero-order chi connectivity index (χ0) is 15.6. The van der Waals surface area contributed by atoms with Crippen molar-refractivity contribution in [2.45, 2.75) is 32.3 Å². The van der Waals surface area contributed by atoms with Gasteiger partial charge in [0.2, 0.25) is 0 Å². The Kier molecular flexibility index (Phi) is 5.64. The maximum absolute atomic E-state index is 11.8. The van der Waals surface area contributed by atoms with Crippen molar-refractivity contribution < 1.29 is 23.8 Å². The Morgan fingerprint density at radius 1 is 1.25 bits per heavy atom. The molecule has 7 heteroatoms. The Bertz CT molecular complexity index is 513. The van der Waals surface area contributed by atoms with Crippen LogP contribution in [-0.4, -0.2) is 24.0 Å². The standard InChI is InChI=1S/C13H20ClO5P/c1-5-13(6-2,19-4)10-7-9(18-3)8-11(14)12(10)20(15,16)17/h7-8H,5-6H2,1-4H3,(H2,15,16,17). The van der Waals surface area contributed by atoms with E-state index >= 15 is 0 Å². The van der Waals surface area contributed by atoms with E-state index in [1.54, 1.807) is 6.07 Å². The number of hydrogen-bond acceptors (Lipinski definition) is 3. The SMILES string of the molecule is CCC(CC)(OC)c1cc(OC)cc(Cl)c1P(=O)(O)O. The Labute approximate surface area is 124 Å². The molecule has 0 unspecified atom stereocenters. The summed E-state index contributed by atoms with van der Waals surface area (Å²) in [4.78, 5) is 19.2. The Balaban J connectivity index is 3.73. The van der Waals surface area contributed by atoms with Crippen molar-refractivity contribution in [3.63, 3.8) is 0 Å². The van der Waals surface area contributed by atoms with Crippen LogP contribution in [-0.2, 0) is 14.9 Å².